The van der Waals surface area contributed by atoms with Crippen molar-refractivity contribution in [2.45, 2.75) is 31.9 Å². The summed E-state index contributed by atoms with van der Waals surface area (Å²) in [5.74, 6) is 1.00. The molecule has 1 aromatic rings. The van der Waals surface area contributed by atoms with E-state index in [4.69, 9.17) is 9.47 Å². The summed E-state index contributed by atoms with van der Waals surface area (Å²) >= 11 is 0. The number of piperidine rings is 1. The van der Waals surface area contributed by atoms with Crippen molar-refractivity contribution in [2.75, 3.05) is 7.11 Å². The first-order valence-corrected chi connectivity index (χ1v) is 6.53. The van der Waals surface area contributed by atoms with Crippen molar-refractivity contribution in [3.63, 3.8) is 0 Å². The second-order valence-corrected chi connectivity index (χ2v) is 5.45. The second kappa shape index (κ2) is 4.16. The maximum atomic E-state index is 12.2. The fraction of sp³-hybridized carbons (Fsp3) is 0.400. The van der Waals surface area contributed by atoms with Crippen LogP contribution in [0.2, 0.25) is 0 Å². The van der Waals surface area contributed by atoms with Crippen molar-refractivity contribution in [3.8, 4) is 11.5 Å². The van der Waals surface area contributed by atoms with Gasteiger partial charge in [0.15, 0.2) is 5.72 Å². The molecule has 106 valence electrons. The Labute approximate surface area is 117 Å². The van der Waals surface area contributed by atoms with Gasteiger partial charge in [-0.25, -0.2) is 0 Å². The first-order chi connectivity index (χ1) is 9.43. The van der Waals surface area contributed by atoms with Crippen LogP contribution in [0.5, 0.6) is 11.5 Å². The highest BCUT2D eigenvalue weighted by atomic mass is 16.5. The standard InChI is InChI=1S/C15H17NO4/c1-8(17)13-11-7-15(2,16-14(13)18)20-12-6-9(19-3)4-5-10(11)12/h4-6,11,17H,7H2,1-3H3,(H,16,18)/b13-8-. The Balaban J connectivity index is 2.17. The zero-order chi connectivity index (χ0) is 14.5. The molecule has 3 rings (SSSR count). The molecule has 0 saturated carbocycles. The lowest BCUT2D eigenvalue weighted by Gasteiger charge is -2.45. The number of aliphatic hydroxyl groups is 1. The van der Waals surface area contributed by atoms with Gasteiger partial charge >= 0.3 is 0 Å². The number of benzene rings is 1. The van der Waals surface area contributed by atoms with Gasteiger partial charge in [-0.05, 0) is 19.9 Å². The molecule has 2 unspecified atom stereocenters. The molecule has 0 radical (unpaired) electrons. The molecule has 1 amide bonds. The maximum Gasteiger partial charge on any atom is 0.254 e. The molecule has 1 saturated heterocycles. The Hall–Kier alpha value is -2.17. The van der Waals surface area contributed by atoms with Gasteiger partial charge in [-0.15, -0.1) is 0 Å². The van der Waals surface area contributed by atoms with E-state index < -0.39 is 5.72 Å². The van der Waals surface area contributed by atoms with Crippen LogP contribution in [0.3, 0.4) is 0 Å². The minimum atomic E-state index is -0.750. The number of hydrogen-bond donors (Lipinski definition) is 2. The number of nitrogens with one attached hydrogen (secondary N) is 1. The van der Waals surface area contributed by atoms with Crippen LogP contribution in [-0.4, -0.2) is 23.8 Å². The van der Waals surface area contributed by atoms with Crippen molar-refractivity contribution < 1.29 is 19.4 Å². The van der Waals surface area contributed by atoms with Gasteiger partial charge in [0.05, 0.1) is 18.4 Å². The fourth-order valence-corrected chi connectivity index (χ4v) is 3.02. The Bertz CT molecular complexity index is 618. The quantitative estimate of drug-likeness (QED) is 0.609. The van der Waals surface area contributed by atoms with E-state index in [1.807, 2.05) is 25.1 Å². The van der Waals surface area contributed by atoms with Crippen LogP contribution >= 0.6 is 0 Å². The van der Waals surface area contributed by atoms with Crippen LogP contribution in [0.4, 0.5) is 0 Å². The first-order valence-electron chi connectivity index (χ1n) is 6.53. The number of aliphatic hydroxyl groups excluding tert-OH is 1. The average molecular weight is 275 g/mol. The fourth-order valence-electron chi connectivity index (χ4n) is 3.02. The van der Waals surface area contributed by atoms with Crippen LogP contribution in [0.25, 0.3) is 0 Å². The van der Waals surface area contributed by atoms with Crippen molar-refractivity contribution in [2.24, 2.45) is 0 Å². The molecule has 0 spiro atoms. The average Bonchev–Trinajstić information content (AvgIpc) is 2.35. The smallest absolute Gasteiger partial charge is 0.254 e. The molecule has 1 aromatic carbocycles. The van der Waals surface area contributed by atoms with Crippen LogP contribution in [0.15, 0.2) is 29.5 Å². The molecule has 20 heavy (non-hydrogen) atoms. The topological polar surface area (TPSA) is 67.8 Å². The Morgan fingerprint density at radius 3 is 2.95 bits per heavy atom. The lowest BCUT2D eigenvalue weighted by atomic mass is 9.78. The van der Waals surface area contributed by atoms with E-state index in [0.717, 1.165) is 5.56 Å². The summed E-state index contributed by atoms with van der Waals surface area (Å²) in [6.07, 6.45) is 0.602. The number of fused-ring (bicyclic) bond motifs is 4. The van der Waals surface area contributed by atoms with E-state index in [1.54, 1.807) is 7.11 Å². The van der Waals surface area contributed by atoms with Crippen molar-refractivity contribution >= 4 is 5.91 Å². The van der Waals surface area contributed by atoms with E-state index in [2.05, 4.69) is 5.32 Å². The molecule has 2 N–H and O–H groups in total. The van der Waals surface area contributed by atoms with Gasteiger partial charge in [0, 0.05) is 24.0 Å². The Kier molecular flexibility index (Phi) is 2.67. The summed E-state index contributed by atoms with van der Waals surface area (Å²) in [6.45, 7) is 3.38. The number of hydrogen-bond acceptors (Lipinski definition) is 4. The van der Waals surface area contributed by atoms with Gasteiger partial charge in [0.25, 0.3) is 5.91 Å². The third kappa shape index (κ3) is 1.81. The molecule has 2 aliphatic heterocycles. The number of carbonyl (C=O) groups is 1. The van der Waals surface area contributed by atoms with Gasteiger partial charge < -0.3 is 19.9 Å². The third-order valence-electron chi connectivity index (χ3n) is 3.89. The number of methoxy groups -OCH3 is 1. The van der Waals surface area contributed by atoms with E-state index in [-0.39, 0.29) is 17.6 Å². The van der Waals surface area contributed by atoms with E-state index in [0.29, 0.717) is 23.5 Å². The molecule has 2 atom stereocenters. The van der Waals surface area contributed by atoms with Crippen LogP contribution < -0.4 is 14.8 Å². The van der Waals surface area contributed by atoms with Gasteiger partial charge in [0.2, 0.25) is 0 Å². The van der Waals surface area contributed by atoms with Gasteiger partial charge in [0.1, 0.15) is 11.5 Å². The summed E-state index contributed by atoms with van der Waals surface area (Å²) in [5.41, 5.74) is 0.568. The van der Waals surface area contributed by atoms with E-state index >= 15 is 0 Å². The molecule has 5 heteroatoms. The molecular weight excluding hydrogens is 258 g/mol. The van der Waals surface area contributed by atoms with E-state index in [9.17, 15) is 9.90 Å². The lowest BCUT2D eigenvalue weighted by Crippen LogP contribution is -2.58. The summed E-state index contributed by atoms with van der Waals surface area (Å²) in [7, 11) is 1.60. The Morgan fingerprint density at radius 1 is 1.55 bits per heavy atom. The monoisotopic (exact) mass is 275 g/mol. The van der Waals surface area contributed by atoms with Crippen LogP contribution in [0.1, 0.15) is 31.7 Å². The molecule has 0 aromatic heterocycles. The summed E-state index contributed by atoms with van der Waals surface area (Å²) < 4.78 is 11.1. The maximum absolute atomic E-state index is 12.2. The number of amides is 1. The minimum Gasteiger partial charge on any atom is -0.512 e. The molecule has 0 aliphatic carbocycles. The summed E-state index contributed by atoms with van der Waals surface area (Å²) in [5, 5.41) is 12.6. The molecule has 2 aliphatic rings. The molecule has 2 bridgehead atoms. The highest BCUT2D eigenvalue weighted by molar-refractivity contribution is 5.97. The Morgan fingerprint density at radius 2 is 2.30 bits per heavy atom. The zero-order valence-corrected chi connectivity index (χ0v) is 11.7. The number of allylic oxidation sites excluding steroid dienone is 1. The van der Waals surface area contributed by atoms with Gasteiger partial charge in [-0.1, -0.05) is 6.07 Å². The predicted octanol–water partition coefficient (Wildman–Crippen LogP) is 2.24. The highest BCUT2D eigenvalue weighted by Gasteiger charge is 2.47. The SMILES string of the molecule is COc1ccc2c(c1)OC1(C)CC2/C(=C(\C)O)C(=O)N1. The van der Waals surface area contributed by atoms with Crippen molar-refractivity contribution in [1.29, 1.82) is 0 Å². The van der Waals surface area contributed by atoms with Gasteiger partial charge in [-0.2, -0.15) is 0 Å². The predicted molar refractivity (Wildman–Crippen MR) is 72.9 cm³/mol. The van der Waals surface area contributed by atoms with Gasteiger partial charge in [-0.3, -0.25) is 4.79 Å². The molecule has 2 heterocycles. The highest BCUT2D eigenvalue weighted by Crippen LogP contribution is 2.47. The number of rotatable bonds is 1. The zero-order valence-electron chi connectivity index (χ0n) is 11.7. The second-order valence-electron chi connectivity index (χ2n) is 5.45. The van der Waals surface area contributed by atoms with Crippen LogP contribution in [0, 0.1) is 0 Å². The van der Waals surface area contributed by atoms with Crippen LogP contribution in [-0.2, 0) is 4.79 Å². The summed E-state index contributed by atoms with van der Waals surface area (Å²) in [4.78, 5) is 12.2. The number of ether oxygens (including phenoxy) is 2. The van der Waals surface area contributed by atoms with Crippen molar-refractivity contribution in [3.05, 3.63) is 35.1 Å². The lowest BCUT2D eigenvalue weighted by molar-refractivity contribution is -0.127. The molecular formula is C15H17NO4. The minimum absolute atomic E-state index is 0.0539. The largest absolute Gasteiger partial charge is 0.512 e. The number of carbonyl (C=O) groups excluding carboxylic acids is 1. The molecule has 1 fully saturated rings. The third-order valence-corrected chi connectivity index (χ3v) is 3.89. The normalized spacial score (nSPS) is 29.9. The molecule has 5 nitrogen and oxygen atoms in total. The first kappa shape index (κ1) is 12.8. The summed E-state index contributed by atoms with van der Waals surface area (Å²) in [6, 6.07) is 5.53. The van der Waals surface area contributed by atoms with Crippen molar-refractivity contribution in [1.82, 2.24) is 5.32 Å². The van der Waals surface area contributed by atoms with E-state index in [1.165, 1.54) is 6.92 Å².